The van der Waals surface area contributed by atoms with E-state index in [1.165, 1.54) is 18.1 Å². The summed E-state index contributed by atoms with van der Waals surface area (Å²) in [6, 6.07) is 0. The van der Waals surface area contributed by atoms with E-state index < -0.39 is 0 Å². The van der Waals surface area contributed by atoms with Crippen LogP contribution in [0.1, 0.15) is 107 Å². The molecule has 0 aromatic carbocycles. The van der Waals surface area contributed by atoms with Crippen molar-refractivity contribution in [1.82, 2.24) is 28.9 Å². The average Bonchev–Trinajstić information content (AvgIpc) is 3.00. The van der Waals surface area contributed by atoms with Gasteiger partial charge in [0.2, 0.25) is 8.47 Å². The van der Waals surface area contributed by atoms with Crippen LogP contribution in [0.25, 0.3) is 51.3 Å². The minimum Gasteiger partial charge on any atom is -1.00 e. The van der Waals surface area contributed by atoms with Gasteiger partial charge in [-0.2, -0.15) is 27.6 Å². The quantitative estimate of drug-likeness (QED) is 0.0427. The third kappa shape index (κ3) is 743. The zero-order chi connectivity index (χ0) is 39.5. The normalized spacial score (nSPS) is 7.28. The second-order valence-electron chi connectivity index (χ2n) is 1.18. The number of rotatable bonds is 10. The molecule has 0 bridgehead atoms. The maximum Gasteiger partial charge on any atom is 1.00 e. The third-order valence-corrected chi connectivity index (χ3v) is 0.245. The molecule has 0 rings (SSSR count). The van der Waals surface area contributed by atoms with Gasteiger partial charge in [-0.05, 0) is 0 Å². The van der Waals surface area contributed by atoms with Crippen molar-refractivity contribution in [2.75, 3.05) is 0 Å². The van der Waals surface area contributed by atoms with Crippen molar-refractivity contribution in [2.45, 2.75) is 104 Å². The molecular formula is C14H85K13N31+3. The summed E-state index contributed by atoms with van der Waals surface area (Å²) in [4.78, 5) is 0. The summed E-state index contributed by atoms with van der Waals surface area (Å²) in [5, 5.41) is 20.3. The SMILES string of the molecule is C.C.C.C.C.C.C.C.C.C.C.C.C.C.[2HH].[2H]N=NN([2H])N([2H])N[2H].[2H]N=NN([2H])N([2H])[2H].[2H]N=NN([2H])[2H].[2H]N=NN([2H])[2H].[2H]N[2H].[2H]N[2H].[H-].[K+].[K+].[K+].[K+].[K+].[K+].[K+].[K+].[K+].[K+].[K+].[K+].[K+].[N-]=NN=[N-].[N-]=N[N-]N=[N-].[N-]=N[NH-].[NH2-].[NH2-]. The summed E-state index contributed by atoms with van der Waals surface area (Å²) in [6.45, 7) is 0. The van der Waals surface area contributed by atoms with E-state index in [4.69, 9.17) is 58.9 Å². The molecule has 0 atom stereocenters. The molecule has 0 unspecified atom stereocenters. The van der Waals surface area contributed by atoms with Crippen molar-refractivity contribution in [3.63, 3.8) is 0 Å². The van der Waals surface area contributed by atoms with Gasteiger partial charge in [0.15, 0.2) is 7.06 Å². The molecule has 0 radical (unpaired) electrons. The Balaban J connectivity index is -0.00000000530. The summed E-state index contributed by atoms with van der Waals surface area (Å²) >= 11 is 0. The fourth-order valence-electron chi connectivity index (χ4n) is 0.0379. The number of hydrogen-bond donors (Lipinski definition) is 13. The standard InChI is InChI=1S/14CH4.13K.H5N5.N5.H4N4.N4.2H3N3.HN3.2H3N.2H2N.H2.H/c;;;;;;;;;;;;;;;;;;;;;;;;;;;2*1-3-5-4-2;2*1-3-4-2;3*1-3-2;;;;;;/h14*1H4;;;;;;;;;;;;;;(H,3,4)(H4,1,2,5);;(H2,1,4)(H2,2,3);;2*(H3,1,2);(H-2,1,2);2*1H3;2*1H2;1H;/q;;;;;;;;;;;;;;13*+1;;-3;;-2;;;-2;;;2*-1;;-1/i;;;;;;;;;;;;;;;;;;;;;;;;;;;;;;;;;;;;;;1+1;/hD18. The molecule has 0 saturated carbocycles. The van der Waals surface area contributed by atoms with E-state index in [0.717, 1.165) is 0 Å². The van der Waals surface area contributed by atoms with Crippen LogP contribution < -0.4 is 720 Å². The van der Waals surface area contributed by atoms with Crippen LogP contribution in [0.3, 0.4) is 0 Å². The predicted octanol–water partition coefficient (Wildman–Crippen LogP) is -26.7. The molecule has 0 aromatic rings. The van der Waals surface area contributed by atoms with Crippen molar-refractivity contribution in [2.24, 2.45) is 70.3 Å². The molecule has 0 aliphatic rings. The van der Waals surface area contributed by atoms with E-state index >= 15 is 0 Å². The van der Waals surface area contributed by atoms with Gasteiger partial charge >= 0.3 is 668 Å². The largest absolute Gasteiger partial charge is 1.00 e. The fraction of sp³-hybridized carbons (Fsp3) is 1.00. The molecule has 31 nitrogen and oxygen atoms in total. The Morgan fingerprint density at radius 3 is 0.897 bits per heavy atom. The minimum atomic E-state index is -0.127. The molecular weight excluding hydrogens is 1110 g/mol. The Hall–Kier alpha value is 16.2. The summed E-state index contributed by atoms with van der Waals surface area (Å²) in [6.07, 6.45) is 2.50. The Labute approximate surface area is 942 Å². The number of nitrogens with zero attached hydrogens (tertiary/aromatic N) is 15. The first-order valence-corrected chi connectivity index (χ1v) is 4.05. The van der Waals surface area contributed by atoms with Crippen LogP contribution in [0.2, 0.25) is 25.4 Å². The van der Waals surface area contributed by atoms with Crippen molar-refractivity contribution in [3.05, 3.63) is 51.3 Å². The van der Waals surface area contributed by atoms with E-state index in [1.54, 1.807) is 5.22 Å². The summed E-state index contributed by atoms with van der Waals surface area (Å²) < 4.78 is 109. The van der Waals surface area contributed by atoms with Gasteiger partial charge in [0.25, 0.3) is 0 Å². The van der Waals surface area contributed by atoms with E-state index in [2.05, 4.69) is 59.0 Å². The maximum atomic E-state index is 7.27. The molecule has 58 heavy (non-hydrogen) atoms. The summed E-state index contributed by atoms with van der Waals surface area (Å²) in [5.41, 5.74) is 47.8. The Bertz CT molecular complexity index is 752. The molecule has 0 amide bonds. The predicted molar refractivity (Wildman–Crippen MR) is 201 cm³/mol. The van der Waals surface area contributed by atoms with Crippen LogP contribution in [-0.2, 0) is 0 Å². The van der Waals surface area contributed by atoms with E-state index in [0.29, 0.717) is 0 Å². The molecule has 26 N–H and O–H groups in total. The summed E-state index contributed by atoms with van der Waals surface area (Å²) in [7, 11) is 0. The van der Waals surface area contributed by atoms with Crippen LogP contribution in [0.4, 0.5) is 0 Å². The van der Waals surface area contributed by atoms with E-state index in [9.17, 15) is 0 Å². The summed E-state index contributed by atoms with van der Waals surface area (Å²) in [5.74, 6) is 6.67. The second kappa shape index (κ2) is 448. The maximum absolute atomic E-state index is 7.27. The molecule has 0 fully saturated rings. The van der Waals surface area contributed by atoms with Crippen molar-refractivity contribution < 1.29 is 696 Å². The number of nitrogens with two attached hydrogens (primary N) is 6. The minimum absolute atomic E-state index is 0. The third-order valence-electron chi connectivity index (χ3n) is 0.245. The molecule has 0 spiro atoms. The van der Waals surface area contributed by atoms with Crippen molar-refractivity contribution >= 4 is 0 Å². The van der Waals surface area contributed by atoms with Crippen LogP contribution in [-0.4, -0.2) is 0 Å². The monoisotopic (exact) mass is 1210 g/mol. The molecule has 0 aliphatic carbocycles. The first-order chi connectivity index (χ1) is 22.0. The van der Waals surface area contributed by atoms with Crippen molar-refractivity contribution in [1.29, 1.82) is 22.1 Å². The fourth-order valence-corrected chi connectivity index (χ4v) is 0.0379. The smallest absolute Gasteiger partial charge is 1.00 e. The second-order valence-corrected chi connectivity index (χ2v) is 1.18. The Morgan fingerprint density at radius 1 is 0.586 bits per heavy atom. The number of hydrazine groups is 3. The van der Waals surface area contributed by atoms with Gasteiger partial charge in [0, 0.05) is 1.43 Å². The van der Waals surface area contributed by atoms with Gasteiger partial charge < -0.3 is 103 Å². The van der Waals surface area contributed by atoms with Gasteiger partial charge in [-0.15, -0.1) is 0 Å². The Morgan fingerprint density at radius 2 is 0.828 bits per heavy atom. The van der Waals surface area contributed by atoms with E-state index in [1.807, 2.05) is 10.4 Å². The first-order valence-electron chi connectivity index (χ1n) is 12.4. The molecule has 0 saturated heterocycles. The molecule has 0 aliphatic heterocycles. The molecule has 44 heteroatoms. The van der Waals surface area contributed by atoms with Crippen LogP contribution in [0.15, 0.2) is 47.0 Å². The van der Waals surface area contributed by atoms with Crippen LogP contribution in [0.5, 0.6) is 0 Å². The van der Waals surface area contributed by atoms with Gasteiger partial charge in [-0.3, -0.25) is 5.84 Å². The molecule has 306 valence electrons. The molecule has 0 heterocycles. The van der Waals surface area contributed by atoms with Crippen LogP contribution in [0, 0.1) is 22.1 Å². The zero-order valence-electron chi connectivity index (χ0n) is 46.3. The average molecular weight is 1220 g/mol. The Kier molecular flexibility index (Phi) is 1040. The molecule has 0 aromatic heterocycles. The van der Waals surface area contributed by atoms with Gasteiger partial charge in [0.1, 0.15) is 9.88 Å². The van der Waals surface area contributed by atoms with Gasteiger partial charge in [-0.1, -0.05) is 125 Å². The van der Waals surface area contributed by atoms with Crippen LogP contribution >= 0.6 is 0 Å². The van der Waals surface area contributed by atoms with Gasteiger partial charge in [0.05, 0.1) is 0 Å². The van der Waals surface area contributed by atoms with Gasteiger partial charge in [-0.25, -0.2) is 16.9 Å². The topological polar surface area (TPSA) is 633 Å². The number of nitrogens with one attached hydrogen (secondary N) is 8. The van der Waals surface area contributed by atoms with E-state index in [-0.39, 0.29) is 821 Å². The van der Waals surface area contributed by atoms with Crippen molar-refractivity contribution in [3.8, 4) is 0 Å². The first kappa shape index (κ1) is 135. The number of hydrogen-bond acceptors (Lipinski definition) is 16. The zero-order valence-corrected chi connectivity index (χ0v) is 67.9.